The molecule has 3 atom stereocenters. The van der Waals surface area contributed by atoms with Gasteiger partial charge in [0, 0.05) is 25.2 Å². The van der Waals surface area contributed by atoms with Crippen molar-refractivity contribution in [3.8, 4) is 0 Å². The number of carbonyl (C=O) groups excluding carboxylic acids is 2. The second-order valence-electron chi connectivity index (χ2n) is 10.0. The van der Waals surface area contributed by atoms with Gasteiger partial charge >= 0.3 is 5.92 Å². The highest BCUT2D eigenvalue weighted by atomic mass is 19.3. The predicted molar refractivity (Wildman–Crippen MR) is 140 cm³/mol. The number of benzene rings is 3. The summed E-state index contributed by atoms with van der Waals surface area (Å²) in [5.74, 6) is -5.53. The van der Waals surface area contributed by atoms with Crippen molar-refractivity contribution < 1.29 is 22.8 Å². The Morgan fingerprint density at radius 2 is 1.82 bits per heavy atom. The van der Waals surface area contributed by atoms with Gasteiger partial charge in [0.25, 0.3) is 5.91 Å². The van der Waals surface area contributed by atoms with Gasteiger partial charge in [-0.2, -0.15) is 8.78 Å². The zero-order chi connectivity index (χ0) is 27.0. The van der Waals surface area contributed by atoms with Crippen LogP contribution in [0.5, 0.6) is 0 Å². The van der Waals surface area contributed by atoms with Gasteiger partial charge in [-0.1, -0.05) is 42.5 Å². The van der Waals surface area contributed by atoms with E-state index >= 15 is 0 Å². The number of amides is 2. The van der Waals surface area contributed by atoms with Crippen LogP contribution in [0.1, 0.15) is 59.7 Å². The Balaban J connectivity index is 1.50. The van der Waals surface area contributed by atoms with Crippen LogP contribution in [0.15, 0.2) is 71.7 Å². The van der Waals surface area contributed by atoms with Crippen LogP contribution in [-0.4, -0.2) is 30.0 Å². The minimum Gasteiger partial charge on any atom is -0.345 e. The van der Waals surface area contributed by atoms with Crippen LogP contribution in [0, 0.1) is 12.7 Å². The maximum Gasteiger partial charge on any atom is 0.321 e. The van der Waals surface area contributed by atoms with Gasteiger partial charge in [-0.25, -0.2) is 4.39 Å². The Morgan fingerprint density at radius 1 is 1.08 bits per heavy atom. The molecule has 0 saturated carbocycles. The molecule has 1 fully saturated rings. The summed E-state index contributed by atoms with van der Waals surface area (Å²) in [6.07, 6.45) is 3.18. The highest BCUT2D eigenvalue weighted by molar-refractivity contribution is 5.99. The summed E-state index contributed by atoms with van der Waals surface area (Å²) >= 11 is 0. The van der Waals surface area contributed by atoms with E-state index in [1.165, 1.54) is 12.1 Å². The van der Waals surface area contributed by atoms with Crippen molar-refractivity contribution in [1.82, 2.24) is 5.32 Å². The molecule has 0 aliphatic carbocycles. The summed E-state index contributed by atoms with van der Waals surface area (Å²) in [6.45, 7) is 2.44. The number of hydrogen-bond donors (Lipinski definition) is 1. The third-order valence-corrected chi connectivity index (χ3v) is 7.29. The number of anilines is 1. The maximum absolute atomic E-state index is 13.8. The Labute approximate surface area is 219 Å². The molecule has 8 heteroatoms. The van der Waals surface area contributed by atoms with E-state index in [9.17, 15) is 22.8 Å². The van der Waals surface area contributed by atoms with Crippen LogP contribution < -0.4 is 10.2 Å². The molecule has 1 unspecified atom stereocenters. The molecule has 5 rings (SSSR count). The first-order valence-electron chi connectivity index (χ1n) is 12.6. The number of nitrogens with zero attached hydrogens (tertiary/aromatic N) is 2. The van der Waals surface area contributed by atoms with E-state index < -0.39 is 23.9 Å². The van der Waals surface area contributed by atoms with Crippen LogP contribution in [0.3, 0.4) is 0 Å². The largest absolute Gasteiger partial charge is 0.345 e. The van der Waals surface area contributed by atoms with E-state index in [1.807, 2.05) is 49.4 Å². The van der Waals surface area contributed by atoms with E-state index in [0.29, 0.717) is 12.6 Å². The van der Waals surface area contributed by atoms with Gasteiger partial charge in [0.15, 0.2) is 0 Å². The highest BCUT2D eigenvalue weighted by Gasteiger charge is 2.45. The fourth-order valence-corrected chi connectivity index (χ4v) is 5.29. The van der Waals surface area contributed by atoms with Crippen molar-refractivity contribution in [3.63, 3.8) is 0 Å². The van der Waals surface area contributed by atoms with Crippen molar-refractivity contribution in [1.29, 1.82) is 0 Å². The van der Waals surface area contributed by atoms with Crippen LogP contribution in [0.25, 0.3) is 0 Å². The van der Waals surface area contributed by atoms with Gasteiger partial charge in [-0.3, -0.25) is 14.6 Å². The topological polar surface area (TPSA) is 61.8 Å². The lowest BCUT2D eigenvalue weighted by Gasteiger charge is -2.31. The normalized spacial score (nSPS) is 21.2. The van der Waals surface area contributed by atoms with E-state index in [1.54, 1.807) is 23.2 Å². The molecule has 0 bridgehead atoms. The number of hydrogen-bond acceptors (Lipinski definition) is 3. The fraction of sp³-hybridized carbons (Fsp3) is 0.300. The zero-order valence-electron chi connectivity index (χ0n) is 21.1. The number of aryl methyl sites for hydroxylation is 2. The molecule has 3 aromatic carbocycles. The molecule has 0 aromatic heterocycles. The third-order valence-electron chi connectivity index (χ3n) is 7.29. The van der Waals surface area contributed by atoms with E-state index in [2.05, 4.69) is 5.32 Å². The summed E-state index contributed by atoms with van der Waals surface area (Å²) in [5, 5.41) is 2.42. The number of nitrogens with one attached hydrogen (secondary N) is 1. The van der Waals surface area contributed by atoms with Crippen molar-refractivity contribution >= 4 is 23.7 Å². The van der Waals surface area contributed by atoms with Crippen LogP contribution in [0.2, 0.25) is 0 Å². The number of fused-ring (bicyclic) bond motifs is 1. The number of alkyl halides is 2. The highest BCUT2D eigenvalue weighted by Crippen LogP contribution is 2.40. The molecule has 1 saturated heterocycles. The average Bonchev–Trinajstić information content (AvgIpc) is 3.05. The predicted octanol–water partition coefficient (Wildman–Crippen LogP) is 5.86. The Hall–Kier alpha value is -3.94. The van der Waals surface area contributed by atoms with Gasteiger partial charge in [0.2, 0.25) is 5.91 Å². The molecule has 38 heavy (non-hydrogen) atoms. The van der Waals surface area contributed by atoms with Crippen molar-refractivity contribution in [2.45, 2.75) is 57.2 Å². The third kappa shape index (κ3) is 5.08. The van der Waals surface area contributed by atoms with Crippen LogP contribution >= 0.6 is 0 Å². The molecule has 2 aliphatic rings. The monoisotopic (exact) mass is 519 g/mol. The van der Waals surface area contributed by atoms with Crippen molar-refractivity contribution in [3.05, 3.63) is 100 Å². The second kappa shape index (κ2) is 10.1. The van der Waals surface area contributed by atoms with Crippen LogP contribution in [0.4, 0.5) is 18.9 Å². The summed E-state index contributed by atoms with van der Waals surface area (Å²) < 4.78 is 40.9. The van der Waals surface area contributed by atoms with E-state index in [0.717, 1.165) is 40.7 Å². The lowest BCUT2D eigenvalue weighted by molar-refractivity contribution is -0.143. The first-order valence-corrected chi connectivity index (χ1v) is 12.6. The molecule has 196 valence electrons. The molecule has 2 aliphatic heterocycles. The number of aliphatic imine (C=N–C) groups is 1. The number of halogens is 3. The molecule has 2 heterocycles. The van der Waals surface area contributed by atoms with Crippen LogP contribution in [-0.2, 0) is 16.0 Å². The Morgan fingerprint density at radius 3 is 2.53 bits per heavy atom. The van der Waals surface area contributed by atoms with E-state index in [-0.39, 0.29) is 24.2 Å². The second-order valence-corrected chi connectivity index (χ2v) is 10.0. The van der Waals surface area contributed by atoms with Gasteiger partial charge in [0.05, 0.1) is 18.1 Å². The van der Waals surface area contributed by atoms with Gasteiger partial charge in [-0.05, 0) is 71.8 Å². The molecular formula is C30H28F3N3O2. The Bertz CT molecular complexity index is 1400. The number of rotatable bonds is 5. The average molecular weight is 520 g/mol. The quantitative estimate of drug-likeness (QED) is 0.459. The summed E-state index contributed by atoms with van der Waals surface area (Å²) in [5.41, 5.74) is 5.12. The molecular weight excluding hydrogens is 491 g/mol. The first-order chi connectivity index (χ1) is 18.1. The molecule has 0 radical (unpaired) electrons. The van der Waals surface area contributed by atoms with Crippen molar-refractivity contribution in [2.24, 2.45) is 4.99 Å². The summed E-state index contributed by atoms with van der Waals surface area (Å²) in [6, 6.07) is 17.9. The summed E-state index contributed by atoms with van der Waals surface area (Å²) in [4.78, 5) is 31.9. The Kier molecular flexibility index (Phi) is 6.82. The molecule has 3 aromatic rings. The lowest BCUT2D eigenvalue weighted by atomic mass is 9.94. The fourth-order valence-electron chi connectivity index (χ4n) is 5.29. The zero-order valence-corrected chi connectivity index (χ0v) is 21.1. The molecule has 1 N–H and O–H groups in total. The molecule has 5 nitrogen and oxygen atoms in total. The van der Waals surface area contributed by atoms with Gasteiger partial charge < -0.3 is 10.2 Å². The SMILES string of the molecule is Cc1ccccc1[C@H]1[C@H](NC(=O)C(C)(F)F)CC(=O)N1c1ccc2c(c1)C=NC(c1ccc(F)cc1)CC2. The van der Waals surface area contributed by atoms with Gasteiger partial charge in [0.1, 0.15) is 5.82 Å². The smallest absolute Gasteiger partial charge is 0.321 e. The minimum absolute atomic E-state index is 0.0986. The maximum atomic E-state index is 13.8. The molecule has 2 amide bonds. The first kappa shape index (κ1) is 25.7. The van der Waals surface area contributed by atoms with Gasteiger partial charge in [-0.15, -0.1) is 0 Å². The minimum atomic E-state index is -3.56. The lowest BCUT2D eigenvalue weighted by Crippen LogP contribution is -2.46. The summed E-state index contributed by atoms with van der Waals surface area (Å²) in [7, 11) is 0. The molecule has 0 spiro atoms. The standard InChI is InChI=1S/C30H28F3N3O2/c1-18-5-3-4-6-24(18)28-26(35-29(38)30(2,32)33)16-27(37)36(28)23-13-9-19-10-14-25(34-17-21(19)15-23)20-7-11-22(31)12-8-20/h3-9,11-13,15,17,25-26,28H,10,14,16H2,1-2H3,(H,35,38)/t25?,26-,28+/m1/s1. The van der Waals surface area contributed by atoms with Crippen molar-refractivity contribution in [2.75, 3.05) is 4.90 Å². The number of carbonyl (C=O) groups is 2. The van der Waals surface area contributed by atoms with E-state index in [4.69, 9.17) is 4.99 Å².